The predicted octanol–water partition coefficient (Wildman–Crippen LogP) is 2.96. The van der Waals surface area contributed by atoms with Gasteiger partial charge < -0.3 is 19.5 Å². The number of phenolic OH excluding ortho intramolecular Hbond substituents is 1. The van der Waals surface area contributed by atoms with E-state index in [1.54, 1.807) is 49.5 Å². The van der Waals surface area contributed by atoms with Crippen LogP contribution in [0.3, 0.4) is 0 Å². The van der Waals surface area contributed by atoms with Crippen LogP contribution in [0.1, 0.15) is 0 Å². The molecular weight excluding hydrogens is 318 g/mol. The van der Waals surface area contributed by atoms with E-state index in [0.717, 1.165) is 0 Å². The zero-order chi connectivity index (χ0) is 16.7. The summed E-state index contributed by atoms with van der Waals surface area (Å²) in [4.78, 5) is 13.5. The molecule has 2 aromatic rings. The van der Waals surface area contributed by atoms with Crippen LogP contribution in [0, 0.1) is 0 Å². The van der Waals surface area contributed by atoms with Gasteiger partial charge >= 0.3 is 0 Å². The summed E-state index contributed by atoms with van der Waals surface area (Å²) in [5, 5.41) is 10.2. The molecular formula is C17H18ClNO4. The number of hydrogen-bond acceptors (Lipinski definition) is 4. The van der Waals surface area contributed by atoms with Gasteiger partial charge in [0.05, 0.1) is 6.54 Å². The summed E-state index contributed by atoms with van der Waals surface area (Å²) in [7, 11) is 1.67. The Kier molecular flexibility index (Phi) is 6.11. The molecule has 1 amide bonds. The van der Waals surface area contributed by atoms with Crippen LogP contribution in [0.2, 0.25) is 5.02 Å². The highest BCUT2D eigenvalue weighted by molar-refractivity contribution is 6.30. The lowest BCUT2D eigenvalue weighted by Gasteiger charge is -2.18. The van der Waals surface area contributed by atoms with Crippen molar-refractivity contribution in [2.75, 3.05) is 26.8 Å². The van der Waals surface area contributed by atoms with E-state index < -0.39 is 0 Å². The molecule has 0 aliphatic heterocycles. The van der Waals surface area contributed by atoms with Crippen molar-refractivity contribution in [3.63, 3.8) is 0 Å². The molecule has 0 bridgehead atoms. The number of aromatic hydroxyl groups is 1. The number of hydrogen-bond donors (Lipinski definition) is 1. The fraction of sp³-hybridized carbons (Fsp3) is 0.235. The third-order valence-corrected chi connectivity index (χ3v) is 3.40. The van der Waals surface area contributed by atoms with Crippen molar-refractivity contribution in [1.29, 1.82) is 0 Å². The molecule has 5 nitrogen and oxygen atoms in total. The quantitative estimate of drug-likeness (QED) is 0.845. The molecule has 0 aromatic heterocycles. The second-order valence-electron chi connectivity index (χ2n) is 4.87. The lowest BCUT2D eigenvalue weighted by Crippen LogP contribution is -2.34. The van der Waals surface area contributed by atoms with E-state index in [1.165, 1.54) is 11.0 Å². The van der Waals surface area contributed by atoms with Crippen molar-refractivity contribution in [3.8, 4) is 17.2 Å². The fourth-order valence-corrected chi connectivity index (χ4v) is 1.91. The molecule has 0 aliphatic carbocycles. The van der Waals surface area contributed by atoms with Gasteiger partial charge in [0.25, 0.3) is 5.91 Å². The molecule has 1 N–H and O–H groups in total. The highest BCUT2D eigenvalue weighted by atomic mass is 35.5. The Morgan fingerprint density at radius 1 is 1.13 bits per heavy atom. The summed E-state index contributed by atoms with van der Waals surface area (Å²) in [6.07, 6.45) is 0. The highest BCUT2D eigenvalue weighted by Gasteiger charge is 2.11. The smallest absolute Gasteiger partial charge is 0.260 e. The maximum atomic E-state index is 12.0. The van der Waals surface area contributed by atoms with E-state index in [4.69, 9.17) is 21.1 Å². The fourth-order valence-electron chi connectivity index (χ4n) is 1.78. The lowest BCUT2D eigenvalue weighted by atomic mass is 10.3. The summed E-state index contributed by atoms with van der Waals surface area (Å²) >= 11 is 5.79. The number of benzene rings is 2. The van der Waals surface area contributed by atoms with Crippen LogP contribution in [0.25, 0.3) is 0 Å². The SMILES string of the molecule is CN(CCOc1ccc(Cl)cc1)C(=O)COc1ccccc1O. The number of para-hydroxylation sites is 2. The zero-order valence-electron chi connectivity index (χ0n) is 12.7. The van der Waals surface area contributed by atoms with Crippen LogP contribution in [-0.2, 0) is 4.79 Å². The first-order chi connectivity index (χ1) is 11.1. The summed E-state index contributed by atoms with van der Waals surface area (Å²) in [6, 6.07) is 13.5. The molecule has 2 rings (SSSR count). The minimum absolute atomic E-state index is 0.00836. The minimum atomic E-state index is -0.201. The molecule has 0 fully saturated rings. The first-order valence-electron chi connectivity index (χ1n) is 7.09. The normalized spacial score (nSPS) is 10.2. The number of carbonyl (C=O) groups is 1. The second kappa shape index (κ2) is 8.29. The Bertz CT molecular complexity index is 645. The van der Waals surface area contributed by atoms with E-state index in [9.17, 15) is 9.90 Å². The van der Waals surface area contributed by atoms with Crippen molar-refractivity contribution in [2.24, 2.45) is 0 Å². The Balaban J connectivity index is 1.72. The van der Waals surface area contributed by atoms with Crippen molar-refractivity contribution in [3.05, 3.63) is 53.6 Å². The Labute approximate surface area is 140 Å². The van der Waals surface area contributed by atoms with Crippen LogP contribution < -0.4 is 9.47 Å². The van der Waals surface area contributed by atoms with Crippen LogP contribution in [0.4, 0.5) is 0 Å². The summed E-state index contributed by atoms with van der Waals surface area (Å²) < 4.78 is 10.8. The molecule has 122 valence electrons. The van der Waals surface area contributed by atoms with Gasteiger partial charge in [0.15, 0.2) is 18.1 Å². The maximum absolute atomic E-state index is 12.0. The third kappa shape index (κ3) is 5.38. The number of likely N-dealkylation sites (N-methyl/N-ethyl adjacent to an activating group) is 1. The maximum Gasteiger partial charge on any atom is 0.260 e. The average molecular weight is 336 g/mol. The topological polar surface area (TPSA) is 59.0 Å². The molecule has 2 aromatic carbocycles. The number of halogens is 1. The van der Waals surface area contributed by atoms with E-state index >= 15 is 0 Å². The van der Waals surface area contributed by atoms with Gasteiger partial charge in [0.2, 0.25) is 0 Å². The number of carbonyl (C=O) groups excluding carboxylic acids is 1. The lowest BCUT2D eigenvalue weighted by molar-refractivity contribution is -0.132. The van der Waals surface area contributed by atoms with Crippen LogP contribution >= 0.6 is 11.6 Å². The van der Waals surface area contributed by atoms with Gasteiger partial charge in [0, 0.05) is 12.1 Å². The van der Waals surface area contributed by atoms with E-state index in [0.29, 0.717) is 23.9 Å². The van der Waals surface area contributed by atoms with Crippen molar-refractivity contribution in [1.82, 2.24) is 4.90 Å². The average Bonchev–Trinajstić information content (AvgIpc) is 2.55. The molecule has 23 heavy (non-hydrogen) atoms. The van der Waals surface area contributed by atoms with E-state index in [1.807, 2.05) is 0 Å². The summed E-state index contributed by atoms with van der Waals surface area (Å²) in [5.41, 5.74) is 0. The predicted molar refractivity (Wildman–Crippen MR) is 88.2 cm³/mol. The molecule has 6 heteroatoms. The first kappa shape index (κ1) is 17.0. The first-order valence-corrected chi connectivity index (χ1v) is 7.47. The molecule has 0 spiro atoms. The van der Waals surface area contributed by atoms with Crippen LogP contribution in [0.15, 0.2) is 48.5 Å². The highest BCUT2D eigenvalue weighted by Crippen LogP contribution is 2.24. The van der Waals surface area contributed by atoms with Gasteiger partial charge in [-0.05, 0) is 36.4 Å². The van der Waals surface area contributed by atoms with Crippen molar-refractivity contribution in [2.45, 2.75) is 0 Å². The molecule has 0 atom stereocenters. The molecule has 0 saturated carbocycles. The van der Waals surface area contributed by atoms with Crippen molar-refractivity contribution < 1.29 is 19.4 Å². The van der Waals surface area contributed by atoms with Gasteiger partial charge in [-0.15, -0.1) is 0 Å². The van der Waals surface area contributed by atoms with Gasteiger partial charge in [0.1, 0.15) is 12.4 Å². The summed E-state index contributed by atoms with van der Waals surface area (Å²) in [6.45, 7) is 0.640. The van der Waals surface area contributed by atoms with Gasteiger partial charge in [-0.25, -0.2) is 0 Å². The largest absolute Gasteiger partial charge is 0.504 e. The number of phenols is 1. The van der Waals surface area contributed by atoms with Gasteiger partial charge in [-0.3, -0.25) is 4.79 Å². The minimum Gasteiger partial charge on any atom is -0.504 e. The number of nitrogens with zero attached hydrogens (tertiary/aromatic N) is 1. The van der Waals surface area contributed by atoms with Gasteiger partial charge in [-0.1, -0.05) is 23.7 Å². The molecule has 0 unspecified atom stereocenters. The monoisotopic (exact) mass is 335 g/mol. The summed E-state index contributed by atoms with van der Waals surface area (Å²) in [5.74, 6) is 0.786. The third-order valence-electron chi connectivity index (χ3n) is 3.15. The zero-order valence-corrected chi connectivity index (χ0v) is 13.5. The Morgan fingerprint density at radius 2 is 1.83 bits per heavy atom. The number of rotatable bonds is 7. The molecule has 0 heterocycles. The Morgan fingerprint density at radius 3 is 2.52 bits per heavy atom. The number of amides is 1. The standard InChI is InChI=1S/C17H18ClNO4/c1-19(10-11-22-14-8-6-13(18)7-9-14)17(21)12-23-16-5-3-2-4-15(16)20/h2-9,20H,10-12H2,1H3. The molecule has 0 radical (unpaired) electrons. The van der Waals surface area contributed by atoms with Crippen LogP contribution in [0.5, 0.6) is 17.2 Å². The second-order valence-corrected chi connectivity index (χ2v) is 5.31. The van der Waals surface area contributed by atoms with Gasteiger partial charge in [-0.2, -0.15) is 0 Å². The Hall–Kier alpha value is -2.40. The van der Waals surface area contributed by atoms with Crippen molar-refractivity contribution >= 4 is 17.5 Å². The van der Waals surface area contributed by atoms with Crippen LogP contribution in [-0.4, -0.2) is 42.7 Å². The molecule has 0 aliphatic rings. The molecule has 0 saturated heterocycles. The number of ether oxygens (including phenoxy) is 2. The van der Waals surface area contributed by atoms with E-state index in [2.05, 4.69) is 0 Å². The van der Waals surface area contributed by atoms with E-state index in [-0.39, 0.29) is 24.0 Å².